The SMILES string of the molecule is O=C(OCC(=O)N(C1CC1)[C@@H]1CCS(=O)(=O)C1)[C@@H]1COc2ccccc2O1. The van der Waals surface area contributed by atoms with Gasteiger partial charge in [-0.15, -0.1) is 0 Å². The molecule has 0 radical (unpaired) electrons. The Labute approximate surface area is 157 Å². The minimum absolute atomic E-state index is 0.0112. The lowest BCUT2D eigenvalue weighted by Crippen LogP contribution is -2.46. The molecule has 1 amide bonds. The molecule has 0 aromatic heterocycles. The summed E-state index contributed by atoms with van der Waals surface area (Å²) in [4.78, 5) is 26.4. The molecule has 1 aromatic carbocycles. The van der Waals surface area contributed by atoms with E-state index >= 15 is 0 Å². The van der Waals surface area contributed by atoms with Gasteiger partial charge in [0.05, 0.1) is 11.5 Å². The highest BCUT2D eigenvalue weighted by Gasteiger charge is 2.42. The summed E-state index contributed by atoms with van der Waals surface area (Å²) < 4.78 is 39.7. The highest BCUT2D eigenvalue weighted by atomic mass is 32.2. The van der Waals surface area contributed by atoms with Crippen LogP contribution in [0.2, 0.25) is 0 Å². The third kappa shape index (κ3) is 4.02. The van der Waals surface area contributed by atoms with Crippen molar-refractivity contribution in [2.75, 3.05) is 24.7 Å². The van der Waals surface area contributed by atoms with Crippen LogP contribution in [0.1, 0.15) is 19.3 Å². The fourth-order valence-corrected chi connectivity index (χ4v) is 5.20. The van der Waals surface area contributed by atoms with Gasteiger partial charge in [0, 0.05) is 12.1 Å². The molecule has 1 saturated carbocycles. The van der Waals surface area contributed by atoms with Crippen molar-refractivity contribution in [3.63, 3.8) is 0 Å². The molecule has 1 saturated heterocycles. The van der Waals surface area contributed by atoms with E-state index < -0.39 is 28.5 Å². The molecule has 1 aliphatic carbocycles. The second kappa shape index (κ2) is 7.03. The van der Waals surface area contributed by atoms with E-state index in [0.29, 0.717) is 17.9 Å². The monoisotopic (exact) mass is 395 g/mol. The number of hydrogen-bond donors (Lipinski definition) is 0. The molecule has 3 aliphatic rings. The molecule has 0 bridgehead atoms. The number of carbonyl (C=O) groups is 2. The van der Waals surface area contributed by atoms with E-state index in [1.807, 2.05) is 0 Å². The molecule has 0 spiro atoms. The summed E-state index contributed by atoms with van der Waals surface area (Å²) in [6, 6.07) is 6.72. The number of nitrogens with zero attached hydrogens (tertiary/aromatic N) is 1. The number of benzene rings is 1. The average Bonchev–Trinajstić information content (AvgIpc) is 3.42. The van der Waals surface area contributed by atoms with Gasteiger partial charge in [-0.05, 0) is 31.4 Å². The largest absolute Gasteiger partial charge is 0.485 e. The third-order valence-electron chi connectivity index (χ3n) is 4.94. The Morgan fingerprint density at radius 3 is 2.52 bits per heavy atom. The van der Waals surface area contributed by atoms with E-state index in [-0.39, 0.29) is 36.1 Å². The van der Waals surface area contributed by atoms with Gasteiger partial charge < -0.3 is 19.1 Å². The quantitative estimate of drug-likeness (QED) is 0.671. The van der Waals surface area contributed by atoms with Crippen LogP contribution in [0.25, 0.3) is 0 Å². The maximum absolute atomic E-state index is 12.6. The smallest absolute Gasteiger partial charge is 0.351 e. The lowest BCUT2D eigenvalue weighted by Gasteiger charge is -2.29. The van der Waals surface area contributed by atoms with Gasteiger partial charge in [0.1, 0.15) is 6.61 Å². The Bertz CT molecular complexity index is 849. The van der Waals surface area contributed by atoms with Crippen molar-refractivity contribution in [1.29, 1.82) is 0 Å². The number of amides is 1. The van der Waals surface area contributed by atoms with Crippen LogP contribution in [0.15, 0.2) is 24.3 Å². The van der Waals surface area contributed by atoms with Crippen molar-refractivity contribution in [1.82, 2.24) is 4.90 Å². The number of rotatable bonds is 5. The number of fused-ring (bicyclic) bond motifs is 1. The molecule has 2 aliphatic heterocycles. The summed E-state index contributed by atoms with van der Waals surface area (Å²) >= 11 is 0. The summed E-state index contributed by atoms with van der Waals surface area (Å²) in [7, 11) is -3.09. The van der Waals surface area contributed by atoms with Gasteiger partial charge in [0.15, 0.2) is 27.9 Å². The Balaban J connectivity index is 1.34. The summed E-state index contributed by atoms with van der Waals surface area (Å²) in [5.41, 5.74) is 0. The summed E-state index contributed by atoms with van der Waals surface area (Å²) in [6.45, 7) is -0.412. The van der Waals surface area contributed by atoms with Gasteiger partial charge >= 0.3 is 5.97 Å². The van der Waals surface area contributed by atoms with Crippen molar-refractivity contribution in [3.05, 3.63) is 24.3 Å². The minimum atomic E-state index is -3.09. The summed E-state index contributed by atoms with van der Waals surface area (Å²) in [5, 5.41) is 0. The predicted octanol–water partition coefficient (Wildman–Crippen LogP) is 0.548. The fourth-order valence-electron chi connectivity index (χ4n) is 3.49. The maximum atomic E-state index is 12.6. The van der Waals surface area contributed by atoms with Crippen LogP contribution < -0.4 is 9.47 Å². The molecular weight excluding hydrogens is 374 g/mol. The van der Waals surface area contributed by atoms with Gasteiger partial charge in [-0.25, -0.2) is 13.2 Å². The molecule has 4 rings (SSSR count). The first-order valence-electron chi connectivity index (χ1n) is 9.00. The number of carbonyl (C=O) groups excluding carboxylic acids is 2. The van der Waals surface area contributed by atoms with Crippen molar-refractivity contribution < 1.29 is 32.2 Å². The van der Waals surface area contributed by atoms with Crippen LogP contribution in [-0.4, -0.2) is 68.1 Å². The van der Waals surface area contributed by atoms with E-state index in [1.54, 1.807) is 29.2 Å². The first kappa shape index (κ1) is 18.1. The maximum Gasteiger partial charge on any atom is 0.351 e. The molecule has 9 heteroatoms. The minimum Gasteiger partial charge on any atom is -0.485 e. The number of esters is 1. The van der Waals surface area contributed by atoms with Gasteiger partial charge in [0.25, 0.3) is 5.91 Å². The molecule has 0 N–H and O–H groups in total. The van der Waals surface area contributed by atoms with Crippen LogP contribution in [-0.2, 0) is 24.2 Å². The molecule has 8 nitrogen and oxygen atoms in total. The predicted molar refractivity (Wildman–Crippen MR) is 94.2 cm³/mol. The number of para-hydroxylation sites is 2. The molecule has 27 heavy (non-hydrogen) atoms. The Kier molecular flexibility index (Phi) is 4.71. The van der Waals surface area contributed by atoms with Crippen LogP contribution in [0.5, 0.6) is 11.5 Å². The molecule has 2 fully saturated rings. The van der Waals surface area contributed by atoms with E-state index in [2.05, 4.69) is 0 Å². The van der Waals surface area contributed by atoms with Gasteiger partial charge in [-0.1, -0.05) is 12.1 Å². The number of ether oxygens (including phenoxy) is 3. The average molecular weight is 395 g/mol. The first-order chi connectivity index (χ1) is 12.9. The topological polar surface area (TPSA) is 99.2 Å². The highest BCUT2D eigenvalue weighted by Crippen LogP contribution is 2.33. The number of hydrogen-bond acceptors (Lipinski definition) is 7. The van der Waals surface area contributed by atoms with Gasteiger partial charge in [-0.2, -0.15) is 0 Å². The Hall–Kier alpha value is -2.29. The van der Waals surface area contributed by atoms with Crippen molar-refractivity contribution in [3.8, 4) is 11.5 Å². The fraction of sp³-hybridized carbons (Fsp3) is 0.556. The molecule has 1 aromatic rings. The summed E-state index contributed by atoms with van der Waals surface area (Å²) in [6.07, 6.45) is 1.21. The van der Waals surface area contributed by atoms with Gasteiger partial charge in [-0.3, -0.25) is 4.79 Å². The zero-order chi connectivity index (χ0) is 19.0. The highest BCUT2D eigenvalue weighted by molar-refractivity contribution is 7.91. The molecular formula is C18H21NO7S. The van der Waals surface area contributed by atoms with Crippen LogP contribution in [0.3, 0.4) is 0 Å². The molecule has 0 unspecified atom stereocenters. The molecule has 2 atom stereocenters. The second-order valence-corrected chi connectivity index (χ2v) is 9.29. The first-order valence-corrected chi connectivity index (χ1v) is 10.8. The lowest BCUT2D eigenvalue weighted by molar-refractivity contribution is -0.160. The number of sulfone groups is 1. The van der Waals surface area contributed by atoms with E-state index in [1.165, 1.54) is 0 Å². The lowest BCUT2D eigenvalue weighted by atomic mass is 10.2. The van der Waals surface area contributed by atoms with E-state index in [9.17, 15) is 18.0 Å². The molecule has 146 valence electrons. The zero-order valence-corrected chi connectivity index (χ0v) is 15.5. The molecule has 2 heterocycles. The third-order valence-corrected chi connectivity index (χ3v) is 6.69. The normalized spacial score (nSPS) is 25.6. The Morgan fingerprint density at radius 1 is 1.11 bits per heavy atom. The second-order valence-electron chi connectivity index (χ2n) is 7.06. The van der Waals surface area contributed by atoms with Crippen molar-refractivity contribution >= 4 is 21.7 Å². The van der Waals surface area contributed by atoms with E-state index in [0.717, 1.165) is 12.8 Å². The van der Waals surface area contributed by atoms with Crippen LogP contribution in [0, 0.1) is 0 Å². The standard InChI is InChI=1S/C18H21NO7S/c20-17(19(12-5-6-12)13-7-8-27(22,23)11-13)10-25-18(21)16-9-24-14-3-1-2-4-15(14)26-16/h1-4,12-13,16H,5-11H2/t13-,16+/m1/s1. The van der Waals surface area contributed by atoms with E-state index in [4.69, 9.17) is 14.2 Å². The van der Waals surface area contributed by atoms with Crippen molar-refractivity contribution in [2.24, 2.45) is 0 Å². The zero-order valence-electron chi connectivity index (χ0n) is 14.7. The van der Waals surface area contributed by atoms with Gasteiger partial charge in [0.2, 0.25) is 6.10 Å². The van der Waals surface area contributed by atoms with Crippen molar-refractivity contribution in [2.45, 2.75) is 37.5 Å². The summed E-state index contributed by atoms with van der Waals surface area (Å²) in [5.74, 6) is 0.0608. The van der Waals surface area contributed by atoms with Crippen LogP contribution in [0.4, 0.5) is 0 Å². The van der Waals surface area contributed by atoms with Crippen LogP contribution >= 0.6 is 0 Å². The Morgan fingerprint density at radius 2 is 1.85 bits per heavy atom.